The first-order chi connectivity index (χ1) is 6.89. The fraction of sp³-hybridized carbons (Fsp3) is 0.875. The Morgan fingerprint density at radius 2 is 2.07 bits per heavy atom. The summed E-state index contributed by atoms with van der Waals surface area (Å²) in [4.78, 5) is 10.9. The van der Waals surface area contributed by atoms with Gasteiger partial charge in [0.1, 0.15) is 6.54 Å². The topological polar surface area (TPSA) is 61.4 Å². The van der Waals surface area contributed by atoms with E-state index in [-0.39, 0.29) is 19.2 Å². The number of nitrogens with one attached hydrogen (secondary N) is 2. The molecule has 0 aliphatic heterocycles. The van der Waals surface area contributed by atoms with E-state index >= 15 is 0 Å². The van der Waals surface area contributed by atoms with Gasteiger partial charge in [-0.3, -0.25) is 4.79 Å². The van der Waals surface area contributed by atoms with E-state index in [1.54, 1.807) is 12.2 Å². The average molecular weight is 228 g/mol. The molecule has 0 spiro atoms. The van der Waals surface area contributed by atoms with Crippen LogP contribution < -0.4 is 10.6 Å². The highest BCUT2D eigenvalue weighted by atomic mass is 19.4. The first kappa shape index (κ1) is 14.2. The van der Waals surface area contributed by atoms with Gasteiger partial charge in [-0.15, -0.1) is 0 Å². The molecule has 1 unspecified atom stereocenters. The van der Waals surface area contributed by atoms with Gasteiger partial charge in [-0.05, 0) is 6.42 Å². The molecular formula is C8H15F3N2O2. The molecule has 90 valence electrons. The lowest BCUT2D eigenvalue weighted by Gasteiger charge is -2.14. The molecule has 0 aromatic rings. The lowest BCUT2D eigenvalue weighted by Crippen LogP contribution is -2.43. The lowest BCUT2D eigenvalue weighted by atomic mass is 10.2. The van der Waals surface area contributed by atoms with Crippen LogP contribution in [0.25, 0.3) is 0 Å². The van der Waals surface area contributed by atoms with Gasteiger partial charge in [0.2, 0.25) is 5.91 Å². The molecule has 0 radical (unpaired) electrons. The monoisotopic (exact) mass is 228 g/mol. The van der Waals surface area contributed by atoms with E-state index in [0.29, 0.717) is 6.42 Å². The molecule has 0 aromatic heterocycles. The molecule has 15 heavy (non-hydrogen) atoms. The van der Waals surface area contributed by atoms with E-state index in [9.17, 15) is 18.0 Å². The third-order valence-corrected chi connectivity index (χ3v) is 1.75. The summed E-state index contributed by atoms with van der Waals surface area (Å²) in [5.74, 6) is -0.737. The zero-order chi connectivity index (χ0) is 11.9. The predicted octanol–water partition coefficient (Wildman–Crippen LogP) is 0.0254. The van der Waals surface area contributed by atoms with Crippen molar-refractivity contribution in [3.63, 3.8) is 0 Å². The Morgan fingerprint density at radius 3 is 2.47 bits per heavy atom. The third kappa shape index (κ3) is 8.19. The molecule has 0 bridgehead atoms. The minimum atomic E-state index is -4.39. The van der Waals surface area contributed by atoms with Crippen molar-refractivity contribution >= 4 is 5.91 Å². The Labute approximate surface area is 85.8 Å². The van der Waals surface area contributed by atoms with Gasteiger partial charge in [0, 0.05) is 6.04 Å². The van der Waals surface area contributed by atoms with Crippen molar-refractivity contribution in [2.24, 2.45) is 0 Å². The Bertz CT molecular complexity index is 193. The molecule has 0 saturated carbocycles. The number of hydrogen-bond donors (Lipinski definition) is 3. The summed E-state index contributed by atoms with van der Waals surface area (Å²) in [5.41, 5.74) is 0. The Hall–Kier alpha value is -0.820. The van der Waals surface area contributed by atoms with Gasteiger partial charge in [-0.2, -0.15) is 13.2 Å². The van der Waals surface area contributed by atoms with Crippen molar-refractivity contribution in [2.75, 3.05) is 19.7 Å². The Balaban J connectivity index is 3.66. The normalized spacial score (nSPS) is 13.7. The standard InChI is InChI=1S/C8H15F3N2O2/c1-2-6(4-14)12-3-7(15)13-5-8(9,10)11/h6,12,14H,2-5H2,1H3,(H,13,15). The van der Waals surface area contributed by atoms with E-state index in [1.165, 1.54) is 0 Å². The summed E-state index contributed by atoms with van der Waals surface area (Å²) in [5, 5.41) is 13.1. The van der Waals surface area contributed by atoms with Crippen LogP contribution in [0.4, 0.5) is 13.2 Å². The lowest BCUT2D eigenvalue weighted by molar-refractivity contribution is -0.138. The molecule has 0 rings (SSSR count). The minimum absolute atomic E-state index is 0.150. The molecule has 1 amide bonds. The van der Waals surface area contributed by atoms with Crippen LogP contribution in [0, 0.1) is 0 Å². The van der Waals surface area contributed by atoms with Crippen molar-refractivity contribution < 1.29 is 23.1 Å². The summed E-state index contributed by atoms with van der Waals surface area (Å²) in [6.07, 6.45) is -3.79. The average Bonchev–Trinajstić information content (AvgIpc) is 2.15. The van der Waals surface area contributed by atoms with Gasteiger partial charge in [0.05, 0.1) is 13.2 Å². The van der Waals surface area contributed by atoms with Crippen molar-refractivity contribution in [2.45, 2.75) is 25.6 Å². The molecule has 1 atom stereocenters. The minimum Gasteiger partial charge on any atom is -0.395 e. The Kier molecular flexibility index (Phi) is 6.26. The smallest absolute Gasteiger partial charge is 0.395 e. The maximum atomic E-state index is 11.7. The fourth-order valence-corrected chi connectivity index (χ4v) is 0.836. The number of aliphatic hydroxyl groups excluding tert-OH is 1. The third-order valence-electron chi connectivity index (χ3n) is 1.75. The van der Waals surface area contributed by atoms with Crippen LogP contribution in [0.2, 0.25) is 0 Å². The van der Waals surface area contributed by atoms with Gasteiger partial charge in [-0.1, -0.05) is 6.92 Å². The largest absolute Gasteiger partial charge is 0.405 e. The number of carbonyl (C=O) groups excluding carboxylic acids is 1. The molecule has 0 aromatic carbocycles. The van der Waals surface area contributed by atoms with Crippen LogP contribution in [0.1, 0.15) is 13.3 Å². The van der Waals surface area contributed by atoms with Gasteiger partial charge in [0.25, 0.3) is 0 Å². The van der Waals surface area contributed by atoms with Gasteiger partial charge < -0.3 is 15.7 Å². The summed E-state index contributed by atoms with van der Waals surface area (Å²) in [7, 11) is 0. The van der Waals surface area contributed by atoms with Gasteiger partial charge >= 0.3 is 6.18 Å². The highest BCUT2D eigenvalue weighted by Gasteiger charge is 2.27. The van der Waals surface area contributed by atoms with Crippen LogP contribution in [0.5, 0.6) is 0 Å². The maximum absolute atomic E-state index is 11.7. The summed E-state index contributed by atoms with van der Waals surface area (Å²) < 4.78 is 35.0. The van der Waals surface area contributed by atoms with E-state index in [4.69, 9.17) is 5.11 Å². The first-order valence-electron chi connectivity index (χ1n) is 4.56. The summed E-state index contributed by atoms with van der Waals surface area (Å²) in [6.45, 7) is 0.0864. The van der Waals surface area contributed by atoms with E-state index in [2.05, 4.69) is 5.32 Å². The van der Waals surface area contributed by atoms with Crippen LogP contribution >= 0.6 is 0 Å². The summed E-state index contributed by atoms with van der Waals surface area (Å²) >= 11 is 0. The zero-order valence-corrected chi connectivity index (χ0v) is 8.40. The molecule has 0 aliphatic rings. The van der Waals surface area contributed by atoms with Crippen LogP contribution in [0.15, 0.2) is 0 Å². The van der Waals surface area contributed by atoms with E-state index < -0.39 is 18.6 Å². The summed E-state index contributed by atoms with van der Waals surface area (Å²) in [6, 6.07) is -0.262. The number of halogens is 3. The maximum Gasteiger partial charge on any atom is 0.405 e. The number of aliphatic hydroxyl groups is 1. The van der Waals surface area contributed by atoms with Crippen molar-refractivity contribution in [1.82, 2.24) is 10.6 Å². The molecule has 0 aliphatic carbocycles. The highest BCUT2D eigenvalue weighted by Crippen LogP contribution is 2.11. The molecule has 7 heteroatoms. The van der Waals surface area contributed by atoms with Crippen LogP contribution in [-0.2, 0) is 4.79 Å². The second kappa shape index (κ2) is 6.62. The zero-order valence-electron chi connectivity index (χ0n) is 8.40. The number of rotatable bonds is 6. The van der Waals surface area contributed by atoms with E-state index in [0.717, 1.165) is 0 Å². The highest BCUT2D eigenvalue weighted by molar-refractivity contribution is 5.78. The van der Waals surface area contributed by atoms with E-state index in [1.807, 2.05) is 0 Å². The van der Waals surface area contributed by atoms with Crippen molar-refractivity contribution in [3.05, 3.63) is 0 Å². The molecule has 0 heterocycles. The first-order valence-corrected chi connectivity index (χ1v) is 4.56. The second-order valence-corrected chi connectivity index (χ2v) is 3.06. The SMILES string of the molecule is CCC(CO)NCC(=O)NCC(F)(F)F. The number of hydrogen-bond acceptors (Lipinski definition) is 3. The predicted molar refractivity (Wildman–Crippen MR) is 48.2 cm³/mol. The fourth-order valence-electron chi connectivity index (χ4n) is 0.836. The molecule has 0 saturated heterocycles. The van der Waals surface area contributed by atoms with Crippen molar-refractivity contribution in [1.29, 1.82) is 0 Å². The molecule has 3 N–H and O–H groups in total. The van der Waals surface area contributed by atoms with Gasteiger partial charge in [0.15, 0.2) is 0 Å². The van der Waals surface area contributed by atoms with Crippen molar-refractivity contribution in [3.8, 4) is 0 Å². The second-order valence-electron chi connectivity index (χ2n) is 3.06. The number of alkyl halides is 3. The molecule has 0 fully saturated rings. The number of carbonyl (C=O) groups is 1. The molecule has 4 nitrogen and oxygen atoms in total. The van der Waals surface area contributed by atoms with Crippen LogP contribution in [0.3, 0.4) is 0 Å². The number of amides is 1. The quantitative estimate of drug-likeness (QED) is 0.601. The van der Waals surface area contributed by atoms with Gasteiger partial charge in [-0.25, -0.2) is 0 Å². The molecular weight excluding hydrogens is 213 g/mol. The Morgan fingerprint density at radius 1 is 1.47 bits per heavy atom. The van der Waals surface area contributed by atoms with Crippen LogP contribution in [-0.4, -0.2) is 42.9 Å².